The van der Waals surface area contributed by atoms with Gasteiger partial charge in [-0.05, 0) is 55.7 Å². The Labute approximate surface area is 180 Å². The Morgan fingerprint density at radius 1 is 1.21 bits per heavy atom. The molecule has 0 radical (unpaired) electrons. The third-order valence-corrected chi connectivity index (χ3v) is 7.33. The van der Waals surface area contributed by atoms with E-state index in [1.807, 2.05) is 6.92 Å². The van der Waals surface area contributed by atoms with Crippen molar-refractivity contribution in [1.82, 2.24) is 4.31 Å². The van der Waals surface area contributed by atoms with E-state index in [1.54, 1.807) is 36.4 Å². The van der Waals surface area contributed by atoms with Crippen LogP contribution in [0.3, 0.4) is 0 Å². The minimum Gasteiger partial charge on any atom is -0.495 e. The molecule has 1 N–H and O–H groups in total. The van der Waals surface area contributed by atoms with Crippen LogP contribution in [0, 0.1) is 12.8 Å². The first-order chi connectivity index (χ1) is 13.7. The minimum absolute atomic E-state index is 0.0868. The maximum Gasteiger partial charge on any atom is 0.246 e. The van der Waals surface area contributed by atoms with Crippen LogP contribution in [0.25, 0.3) is 0 Å². The quantitative estimate of drug-likeness (QED) is 0.725. The highest BCUT2D eigenvalue weighted by Gasteiger charge is 2.35. The lowest BCUT2D eigenvalue weighted by Crippen LogP contribution is -2.43. The monoisotopic (exact) mass is 456 g/mol. The van der Waals surface area contributed by atoms with Gasteiger partial charge in [-0.15, -0.1) is 0 Å². The average Bonchev–Trinajstić information content (AvgIpc) is 2.70. The summed E-state index contributed by atoms with van der Waals surface area (Å²) in [5.74, 6) is -0.498. The fraction of sp³-hybridized carbons (Fsp3) is 0.350. The Bertz CT molecular complexity index is 1030. The van der Waals surface area contributed by atoms with Crippen LogP contribution in [0.2, 0.25) is 10.0 Å². The molecule has 0 aliphatic carbocycles. The van der Waals surface area contributed by atoms with E-state index in [2.05, 4.69) is 5.32 Å². The maximum absolute atomic E-state index is 13.2. The number of amides is 1. The summed E-state index contributed by atoms with van der Waals surface area (Å²) in [6, 6.07) is 9.81. The van der Waals surface area contributed by atoms with E-state index in [9.17, 15) is 13.2 Å². The predicted octanol–water partition coefficient (Wildman–Crippen LogP) is 4.35. The van der Waals surface area contributed by atoms with Crippen LogP contribution in [0.4, 0.5) is 5.69 Å². The van der Waals surface area contributed by atoms with Crippen LogP contribution in [-0.2, 0) is 14.8 Å². The second-order valence-corrected chi connectivity index (χ2v) is 9.72. The zero-order chi connectivity index (χ0) is 21.2. The molecule has 1 fully saturated rings. The molecular weight excluding hydrogens is 435 g/mol. The largest absolute Gasteiger partial charge is 0.495 e. The van der Waals surface area contributed by atoms with Crippen molar-refractivity contribution in [3.8, 4) is 5.75 Å². The highest BCUT2D eigenvalue weighted by atomic mass is 35.5. The first-order valence-electron chi connectivity index (χ1n) is 9.13. The second-order valence-electron chi connectivity index (χ2n) is 6.97. The highest BCUT2D eigenvalue weighted by molar-refractivity contribution is 7.89. The Morgan fingerprint density at radius 2 is 1.97 bits per heavy atom. The molecule has 9 heteroatoms. The summed E-state index contributed by atoms with van der Waals surface area (Å²) in [4.78, 5) is 12.9. The topological polar surface area (TPSA) is 75.7 Å². The van der Waals surface area contributed by atoms with Crippen molar-refractivity contribution in [1.29, 1.82) is 0 Å². The number of piperidine rings is 1. The lowest BCUT2D eigenvalue weighted by Gasteiger charge is -2.31. The molecule has 1 unspecified atom stereocenters. The maximum atomic E-state index is 13.2. The van der Waals surface area contributed by atoms with Gasteiger partial charge in [-0.1, -0.05) is 29.3 Å². The highest BCUT2D eigenvalue weighted by Crippen LogP contribution is 2.31. The number of hydrogen-bond acceptors (Lipinski definition) is 4. The molecule has 1 aliphatic heterocycles. The fourth-order valence-electron chi connectivity index (χ4n) is 3.33. The Kier molecular flexibility index (Phi) is 6.73. The Morgan fingerprint density at radius 3 is 2.69 bits per heavy atom. The van der Waals surface area contributed by atoms with E-state index in [-0.39, 0.29) is 23.1 Å². The molecule has 156 valence electrons. The molecule has 0 saturated carbocycles. The summed E-state index contributed by atoms with van der Waals surface area (Å²) < 4.78 is 33.0. The molecule has 2 aromatic rings. The molecule has 0 spiro atoms. The van der Waals surface area contributed by atoms with E-state index in [4.69, 9.17) is 27.9 Å². The summed E-state index contributed by atoms with van der Waals surface area (Å²) in [6.45, 7) is 2.25. The first-order valence-corrected chi connectivity index (χ1v) is 11.3. The van der Waals surface area contributed by atoms with Crippen molar-refractivity contribution >= 4 is 44.8 Å². The lowest BCUT2D eigenvalue weighted by molar-refractivity contribution is -0.120. The van der Waals surface area contributed by atoms with Crippen molar-refractivity contribution < 1.29 is 17.9 Å². The SMILES string of the molecule is COc1ccc(C)cc1S(=O)(=O)N1CCCC(C(=O)Nc2cc(Cl)ccc2Cl)C1. The molecule has 3 rings (SSSR count). The molecule has 1 heterocycles. The molecule has 0 bridgehead atoms. The van der Waals surface area contributed by atoms with E-state index < -0.39 is 15.9 Å². The number of aryl methyl sites for hydroxylation is 1. The molecule has 1 aliphatic rings. The van der Waals surface area contributed by atoms with Crippen molar-refractivity contribution in [3.05, 3.63) is 52.0 Å². The number of nitrogens with one attached hydrogen (secondary N) is 1. The fourth-order valence-corrected chi connectivity index (χ4v) is 5.43. The van der Waals surface area contributed by atoms with Crippen LogP contribution >= 0.6 is 23.2 Å². The third-order valence-electron chi connectivity index (χ3n) is 4.88. The lowest BCUT2D eigenvalue weighted by atomic mass is 9.99. The summed E-state index contributed by atoms with van der Waals surface area (Å²) in [5.41, 5.74) is 1.22. The van der Waals surface area contributed by atoms with Crippen LogP contribution in [0.5, 0.6) is 5.75 Å². The summed E-state index contributed by atoms with van der Waals surface area (Å²) in [6.07, 6.45) is 1.16. The standard InChI is InChI=1S/C20H22Cl2N2O4S/c1-13-5-8-18(28-2)19(10-13)29(26,27)24-9-3-4-14(12-24)20(25)23-17-11-15(21)6-7-16(17)22/h5-8,10-11,14H,3-4,9,12H2,1-2H3,(H,23,25). The number of carbonyl (C=O) groups excluding carboxylic acids is 1. The van der Waals surface area contributed by atoms with Gasteiger partial charge >= 0.3 is 0 Å². The van der Waals surface area contributed by atoms with Gasteiger partial charge in [0.05, 0.1) is 23.7 Å². The first kappa shape index (κ1) is 21.9. The number of benzene rings is 2. The van der Waals surface area contributed by atoms with Gasteiger partial charge in [0.2, 0.25) is 15.9 Å². The van der Waals surface area contributed by atoms with Gasteiger partial charge in [-0.2, -0.15) is 4.31 Å². The number of halogens is 2. The van der Waals surface area contributed by atoms with Crippen molar-refractivity contribution in [2.45, 2.75) is 24.7 Å². The van der Waals surface area contributed by atoms with Crippen LogP contribution < -0.4 is 10.1 Å². The van der Waals surface area contributed by atoms with Gasteiger partial charge in [0.1, 0.15) is 10.6 Å². The Hall–Kier alpha value is -1.80. The zero-order valence-corrected chi connectivity index (χ0v) is 18.4. The number of sulfonamides is 1. The number of rotatable bonds is 5. The van der Waals surface area contributed by atoms with Gasteiger partial charge in [-0.25, -0.2) is 8.42 Å². The predicted molar refractivity (Wildman–Crippen MR) is 114 cm³/mol. The zero-order valence-electron chi connectivity index (χ0n) is 16.1. The molecular formula is C20H22Cl2N2O4S. The van der Waals surface area contributed by atoms with Crippen molar-refractivity contribution in [2.24, 2.45) is 5.92 Å². The molecule has 0 aromatic heterocycles. The van der Waals surface area contributed by atoms with E-state index >= 15 is 0 Å². The van der Waals surface area contributed by atoms with Gasteiger partial charge in [0.15, 0.2) is 0 Å². The number of methoxy groups -OCH3 is 1. The van der Waals surface area contributed by atoms with Gasteiger partial charge in [-0.3, -0.25) is 4.79 Å². The molecule has 1 saturated heterocycles. The second kappa shape index (κ2) is 8.92. The van der Waals surface area contributed by atoms with Crippen molar-refractivity contribution in [3.63, 3.8) is 0 Å². The van der Waals surface area contributed by atoms with Crippen molar-refractivity contribution in [2.75, 3.05) is 25.5 Å². The molecule has 2 aromatic carbocycles. The van der Waals surface area contributed by atoms with E-state index in [0.29, 0.717) is 35.1 Å². The van der Waals surface area contributed by atoms with Crippen LogP contribution in [0.1, 0.15) is 18.4 Å². The van der Waals surface area contributed by atoms with Crippen LogP contribution in [-0.4, -0.2) is 38.8 Å². The molecule has 29 heavy (non-hydrogen) atoms. The average molecular weight is 457 g/mol. The summed E-state index contributed by atoms with van der Waals surface area (Å²) in [7, 11) is -2.36. The smallest absolute Gasteiger partial charge is 0.246 e. The number of hydrogen-bond donors (Lipinski definition) is 1. The van der Waals surface area contributed by atoms with E-state index in [1.165, 1.54) is 11.4 Å². The normalized spacial score (nSPS) is 17.7. The number of anilines is 1. The summed E-state index contributed by atoms with van der Waals surface area (Å²) in [5, 5.41) is 3.58. The van der Waals surface area contributed by atoms with Gasteiger partial charge < -0.3 is 10.1 Å². The number of ether oxygens (including phenoxy) is 1. The van der Waals surface area contributed by atoms with E-state index in [0.717, 1.165) is 5.56 Å². The van der Waals surface area contributed by atoms with Gasteiger partial charge in [0, 0.05) is 18.1 Å². The summed E-state index contributed by atoms with van der Waals surface area (Å²) >= 11 is 12.1. The van der Waals surface area contributed by atoms with Crippen LogP contribution in [0.15, 0.2) is 41.3 Å². The number of nitrogens with zero attached hydrogens (tertiary/aromatic N) is 1. The molecule has 6 nitrogen and oxygen atoms in total. The molecule has 1 amide bonds. The third kappa shape index (κ3) is 4.86. The molecule has 1 atom stereocenters. The van der Waals surface area contributed by atoms with Gasteiger partial charge in [0.25, 0.3) is 0 Å². The Balaban J connectivity index is 1.80. The number of carbonyl (C=O) groups is 1. The minimum atomic E-state index is -3.80.